The minimum absolute atomic E-state index is 0.143. The number of carbonyl (C=O) groups excluding carboxylic acids is 2. The zero-order chi connectivity index (χ0) is 17.5. The van der Waals surface area contributed by atoms with Crippen LogP contribution >= 0.6 is 11.6 Å². The largest absolute Gasteiger partial charge is 0.480 e. The molecule has 0 bridgehead atoms. The topological polar surface area (TPSA) is 95.5 Å². The number of benzene rings is 1. The summed E-state index contributed by atoms with van der Waals surface area (Å²) < 4.78 is 0. The number of aliphatic carboxylic acids is 1. The summed E-state index contributed by atoms with van der Waals surface area (Å²) in [5, 5.41) is 14.8. The van der Waals surface area contributed by atoms with Crippen molar-refractivity contribution in [3.63, 3.8) is 0 Å². The van der Waals surface area contributed by atoms with Crippen LogP contribution < -0.4 is 10.6 Å². The highest BCUT2D eigenvalue weighted by atomic mass is 35.5. The molecule has 1 aromatic rings. The molecule has 3 N–H and O–H groups in total. The highest BCUT2D eigenvalue weighted by molar-refractivity contribution is 6.30. The van der Waals surface area contributed by atoms with Crippen molar-refractivity contribution in [1.29, 1.82) is 0 Å². The van der Waals surface area contributed by atoms with Crippen molar-refractivity contribution in [1.82, 2.24) is 10.6 Å². The number of halogens is 1. The molecule has 126 valence electrons. The van der Waals surface area contributed by atoms with Gasteiger partial charge in [-0.05, 0) is 44.0 Å². The van der Waals surface area contributed by atoms with Crippen LogP contribution in [0.15, 0.2) is 24.3 Å². The Bertz CT molecular complexity index is 574. The molecule has 1 aromatic carbocycles. The monoisotopic (exact) mass is 340 g/mol. The van der Waals surface area contributed by atoms with E-state index in [0.29, 0.717) is 30.0 Å². The van der Waals surface area contributed by atoms with Gasteiger partial charge in [-0.25, -0.2) is 4.79 Å². The van der Waals surface area contributed by atoms with E-state index in [1.165, 1.54) is 6.92 Å². The second kappa shape index (κ2) is 8.53. The van der Waals surface area contributed by atoms with E-state index in [4.69, 9.17) is 16.7 Å². The van der Waals surface area contributed by atoms with Crippen molar-refractivity contribution in [3.8, 4) is 0 Å². The highest BCUT2D eigenvalue weighted by Crippen LogP contribution is 2.10. The zero-order valence-corrected chi connectivity index (χ0v) is 13.9. The van der Waals surface area contributed by atoms with Crippen molar-refractivity contribution in [2.45, 2.75) is 38.6 Å². The Balaban J connectivity index is 2.34. The van der Waals surface area contributed by atoms with E-state index in [1.807, 2.05) is 0 Å². The van der Waals surface area contributed by atoms with Crippen molar-refractivity contribution < 1.29 is 19.5 Å². The fourth-order valence-electron chi connectivity index (χ4n) is 1.82. The van der Waals surface area contributed by atoms with Gasteiger partial charge in [-0.15, -0.1) is 0 Å². The predicted octanol–water partition coefficient (Wildman–Crippen LogP) is 2.22. The maximum absolute atomic E-state index is 11.8. The third-order valence-corrected chi connectivity index (χ3v) is 3.82. The van der Waals surface area contributed by atoms with Crippen LogP contribution in [0.3, 0.4) is 0 Å². The number of carboxylic acids is 1. The van der Waals surface area contributed by atoms with Gasteiger partial charge in [0.05, 0.1) is 0 Å². The smallest absolute Gasteiger partial charge is 0.329 e. The van der Waals surface area contributed by atoms with E-state index in [0.717, 1.165) is 0 Å². The molecular weight excluding hydrogens is 320 g/mol. The Hall–Kier alpha value is -2.08. The third kappa shape index (κ3) is 5.90. The van der Waals surface area contributed by atoms with Crippen LogP contribution in [0.5, 0.6) is 0 Å². The lowest BCUT2D eigenvalue weighted by atomic mass is 9.99. The quantitative estimate of drug-likeness (QED) is 0.632. The average molecular weight is 341 g/mol. The van der Waals surface area contributed by atoms with E-state index in [1.54, 1.807) is 31.2 Å². The van der Waals surface area contributed by atoms with Crippen LogP contribution in [0, 0.1) is 0 Å². The third-order valence-electron chi connectivity index (χ3n) is 3.57. The molecule has 2 amide bonds. The van der Waals surface area contributed by atoms with Gasteiger partial charge in [0.2, 0.25) is 5.91 Å². The fourth-order valence-corrected chi connectivity index (χ4v) is 1.94. The van der Waals surface area contributed by atoms with Gasteiger partial charge in [-0.2, -0.15) is 0 Å². The molecule has 1 rings (SSSR count). The SMILES string of the molecule is CCC(C)(NC(=O)CCCNC(=O)c1ccc(Cl)cc1)C(=O)O. The fraction of sp³-hybridized carbons (Fsp3) is 0.438. The molecule has 0 saturated carbocycles. The molecule has 1 unspecified atom stereocenters. The molecular formula is C16H21ClN2O4. The minimum atomic E-state index is -1.26. The number of carbonyl (C=O) groups is 3. The molecule has 0 radical (unpaired) electrons. The summed E-state index contributed by atoms with van der Waals surface area (Å²) in [5.74, 6) is -1.66. The van der Waals surface area contributed by atoms with Crippen LogP contribution in [0.2, 0.25) is 5.02 Å². The number of carboxylic acid groups (broad SMARTS) is 1. The van der Waals surface area contributed by atoms with E-state index < -0.39 is 11.5 Å². The van der Waals surface area contributed by atoms with Gasteiger partial charge in [0.25, 0.3) is 5.91 Å². The lowest BCUT2D eigenvalue weighted by Crippen LogP contribution is -2.51. The molecule has 0 aliphatic carbocycles. The first kappa shape index (κ1) is 19.0. The second-order valence-corrected chi connectivity index (χ2v) is 5.84. The van der Waals surface area contributed by atoms with Gasteiger partial charge in [-0.1, -0.05) is 18.5 Å². The highest BCUT2D eigenvalue weighted by Gasteiger charge is 2.32. The average Bonchev–Trinajstić information content (AvgIpc) is 2.51. The maximum atomic E-state index is 11.8. The van der Waals surface area contributed by atoms with Gasteiger partial charge in [0.15, 0.2) is 0 Å². The zero-order valence-electron chi connectivity index (χ0n) is 13.2. The summed E-state index contributed by atoms with van der Waals surface area (Å²) in [6, 6.07) is 6.48. The Morgan fingerprint density at radius 1 is 1.22 bits per heavy atom. The van der Waals surface area contributed by atoms with Gasteiger partial charge < -0.3 is 15.7 Å². The van der Waals surface area contributed by atoms with E-state index in [9.17, 15) is 14.4 Å². The Morgan fingerprint density at radius 2 is 1.83 bits per heavy atom. The minimum Gasteiger partial charge on any atom is -0.480 e. The summed E-state index contributed by atoms with van der Waals surface area (Å²) in [5.41, 5.74) is -0.771. The standard InChI is InChI=1S/C16H21ClN2O4/c1-3-16(2,15(22)23)19-13(20)5-4-10-18-14(21)11-6-8-12(17)9-7-11/h6-9H,3-5,10H2,1-2H3,(H,18,21)(H,19,20)(H,22,23). The lowest BCUT2D eigenvalue weighted by molar-refractivity contribution is -0.147. The number of hydrogen-bond acceptors (Lipinski definition) is 3. The van der Waals surface area contributed by atoms with Crippen molar-refractivity contribution in [3.05, 3.63) is 34.9 Å². The summed E-state index contributed by atoms with van der Waals surface area (Å²) in [6.45, 7) is 3.49. The van der Waals surface area contributed by atoms with Crippen LogP contribution in [-0.2, 0) is 9.59 Å². The van der Waals surface area contributed by atoms with Crippen molar-refractivity contribution in [2.75, 3.05) is 6.54 Å². The van der Waals surface area contributed by atoms with Gasteiger partial charge in [-0.3, -0.25) is 9.59 Å². The number of hydrogen-bond donors (Lipinski definition) is 3. The Kier molecular flexibility index (Phi) is 7.03. The molecule has 1 atom stereocenters. The molecule has 23 heavy (non-hydrogen) atoms. The van der Waals surface area contributed by atoms with Gasteiger partial charge in [0.1, 0.15) is 5.54 Å². The van der Waals surface area contributed by atoms with Crippen LogP contribution in [0.4, 0.5) is 0 Å². The molecule has 0 aliphatic rings. The molecule has 0 spiro atoms. The maximum Gasteiger partial charge on any atom is 0.329 e. The number of nitrogens with one attached hydrogen (secondary N) is 2. The second-order valence-electron chi connectivity index (χ2n) is 5.41. The Morgan fingerprint density at radius 3 is 2.35 bits per heavy atom. The molecule has 0 saturated heterocycles. The summed E-state index contributed by atoms with van der Waals surface area (Å²) in [7, 11) is 0. The van der Waals surface area contributed by atoms with Crippen LogP contribution in [0.25, 0.3) is 0 Å². The molecule has 0 aliphatic heterocycles. The molecule has 7 heteroatoms. The van der Waals surface area contributed by atoms with Gasteiger partial charge >= 0.3 is 5.97 Å². The van der Waals surface area contributed by atoms with E-state index in [-0.39, 0.29) is 18.2 Å². The van der Waals surface area contributed by atoms with Crippen LogP contribution in [-0.4, -0.2) is 35.0 Å². The van der Waals surface area contributed by atoms with Gasteiger partial charge in [0, 0.05) is 23.6 Å². The number of rotatable bonds is 8. The van der Waals surface area contributed by atoms with E-state index in [2.05, 4.69) is 10.6 Å². The Labute approximate surface area is 140 Å². The molecule has 0 fully saturated rings. The normalized spacial score (nSPS) is 13.0. The van der Waals surface area contributed by atoms with Crippen molar-refractivity contribution in [2.24, 2.45) is 0 Å². The van der Waals surface area contributed by atoms with Crippen molar-refractivity contribution >= 4 is 29.4 Å². The summed E-state index contributed by atoms with van der Waals surface area (Å²) in [6.07, 6.45) is 0.857. The first-order valence-electron chi connectivity index (χ1n) is 7.36. The van der Waals surface area contributed by atoms with Crippen LogP contribution in [0.1, 0.15) is 43.5 Å². The molecule has 0 heterocycles. The summed E-state index contributed by atoms with van der Waals surface area (Å²) >= 11 is 5.75. The first-order valence-corrected chi connectivity index (χ1v) is 7.74. The summed E-state index contributed by atoms with van der Waals surface area (Å²) in [4.78, 5) is 34.7. The predicted molar refractivity (Wildman–Crippen MR) is 87.5 cm³/mol. The lowest BCUT2D eigenvalue weighted by Gasteiger charge is -2.24. The molecule has 0 aromatic heterocycles. The van der Waals surface area contributed by atoms with E-state index >= 15 is 0 Å². The molecule has 6 nitrogen and oxygen atoms in total. The number of amides is 2. The first-order chi connectivity index (χ1) is 10.8.